The number of nitrogens with zero attached hydrogens (tertiary/aromatic N) is 4. The van der Waals surface area contributed by atoms with Gasteiger partial charge in [-0.15, -0.1) is 0 Å². The van der Waals surface area contributed by atoms with E-state index in [1.807, 2.05) is 18.4 Å². The van der Waals surface area contributed by atoms with Crippen LogP contribution in [0.1, 0.15) is 30.8 Å². The molecule has 0 saturated heterocycles. The van der Waals surface area contributed by atoms with E-state index < -0.39 is 10.7 Å². The second-order valence-electron chi connectivity index (χ2n) is 7.11. The van der Waals surface area contributed by atoms with Crippen LogP contribution in [-0.2, 0) is 11.3 Å². The number of rotatable bonds is 6. The van der Waals surface area contributed by atoms with Gasteiger partial charge in [-0.25, -0.2) is 9.97 Å². The molecule has 0 amide bonds. The highest BCUT2D eigenvalue weighted by molar-refractivity contribution is 8.01. The fourth-order valence-electron chi connectivity index (χ4n) is 2.72. The molecule has 0 spiro atoms. The highest BCUT2D eigenvalue weighted by atomic mass is 35.5. The van der Waals surface area contributed by atoms with Gasteiger partial charge in [0.2, 0.25) is 0 Å². The Morgan fingerprint density at radius 3 is 2.59 bits per heavy atom. The van der Waals surface area contributed by atoms with Crippen molar-refractivity contribution in [3.63, 3.8) is 0 Å². The van der Waals surface area contributed by atoms with E-state index in [4.69, 9.17) is 23.2 Å². The topological polar surface area (TPSA) is 80.9 Å². The maximum Gasteiger partial charge on any atom is 0.319 e. The molecule has 3 aromatic rings. The predicted molar refractivity (Wildman–Crippen MR) is 116 cm³/mol. The lowest BCUT2D eigenvalue weighted by atomic mass is 10.2. The van der Waals surface area contributed by atoms with E-state index in [2.05, 4.69) is 15.0 Å². The lowest BCUT2D eigenvalue weighted by Crippen LogP contribution is -2.27. The van der Waals surface area contributed by atoms with Gasteiger partial charge in [-0.05, 0) is 51.5 Å². The molecule has 0 unspecified atom stereocenters. The monoisotopic (exact) mass is 450 g/mol. The molecule has 6 nitrogen and oxygen atoms in total. The molecule has 2 heterocycles. The summed E-state index contributed by atoms with van der Waals surface area (Å²) in [5.74, 6) is -0.314. The van der Waals surface area contributed by atoms with Crippen molar-refractivity contribution in [3.8, 4) is 11.5 Å². The highest BCUT2D eigenvalue weighted by Crippen LogP contribution is 2.38. The molecular formula is C20H20Cl2N4O2S. The quantitative estimate of drug-likeness (QED) is 0.515. The van der Waals surface area contributed by atoms with Gasteiger partial charge in [0.25, 0.3) is 0 Å². The zero-order valence-electron chi connectivity index (χ0n) is 16.4. The van der Waals surface area contributed by atoms with Crippen LogP contribution in [0, 0.1) is 13.8 Å². The fraction of sp³-hybridized carbons (Fsp3) is 0.300. The molecule has 0 radical (unpaired) electrons. The van der Waals surface area contributed by atoms with E-state index in [0.29, 0.717) is 33.8 Å². The van der Waals surface area contributed by atoms with Gasteiger partial charge in [-0.2, -0.15) is 0 Å². The molecule has 9 heteroatoms. The summed E-state index contributed by atoms with van der Waals surface area (Å²) in [6.45, 7) is 7.39. The van der Waals surface area contributed by atoms with Crippen LogP contribution in [0.15, 0.2) is 35.6 Å². The molecule has 0 aliphatic carbocycles. The number of hydrogen-bond donors (Lipinski definition) is 1. The van der Waals surface area contributed by atoms with Gasteiger partial charge in [-0.1, -0.05) is 35.0 Å². The van der Waals surface area contributed by atoms with Gasteiger partial charge >= 0.3 is 5.97 Å². The average Bonchev–Trinajstić information content (AvgIpc) is 2.93. The number of aliphatic carboxylic acids is 1. The minimum absolute atomic E-state index is 0.364. The Morgan fingerprint density at radius 1 is 1.21 bits per heavy atom. The molecule has 29 heavy (non-hydrogen) atoms. The van der Waals surface area contributed by atoms with E-state index in [-0.39, 0.29) is 0 Å². The van der Waals surface area contributed by atoms with Gasteiger partial charge in [0, 0.05) is 16.2 Å². The first kappa shape index (κ1) is 21.6. The number of thioether (sulfide) groups is 1. The molecule has 152 valence electrons. The van der Waals surface area contributed by atoms with Crippen molar-refractivity contribution in [1.29, 1.82) is 0 Å². The Bertz CT molecular complexity index is 1080. The molecule has 2 aromatic heterocycles. The van der Waals surface area contributed by atoms with Crippen LogP contribution >= 0.6 is 35.0 Å². The predicted octanol–water partition coefficient (Wildman–Crippen LogP) is 5.27. The molecule has 0 aliphatic heterocycles. The Labute approximate surface area is 183 Å². The van der Waals surface area contributed by atoms with Crippen LogP contribution in [0.3, 0.4) is 0 Å². The smallest absolute Gasteiger partial charge is 0.319 e. The number of carboxylic acid groups (broad SMARTS) is 1. The molecule has 1 N–H and O–H groups in total. The lowest BCUT2D eigenvalue weighted by Gasteiger charge is -2.21. The van der Waals surface area contributed by atoms with E-state index >= 15 is 0 Å². The third kappa shape index (κ3) is 4.74. The maximum atomic E-state index is 11.7. The minimum atomic E-state index is -1.05. The number of halogens is 2. The summed E-state index contributed by atoms with van der Waals surface area (Å²) in [4.78, 5) is 25.2. The highest BCUT2D eigenvalue weighted by Gasteiger charge is 2.32. The Morgan fingerprint density at radius 2 is 1.93 bits per heavy atom. The minimum Gasteiger partial charge on any atom is -0.480 e. The molecule has 0 fully saturated rings. The first-order chi connectivity index (χ1) is 13.6. The van der Waals surface area contributed by atoms with E-state index in [1.165, 1.54) is 11.8 Å². The van der Waals surface area contributed by atoms with E-state index in [1.54, 1.807) is 44.4 Å². The number of benzene rings is 1. The third-order valence-electron chi connectivity index (χ3n) is 4.27. The molecule has 0 saturated carbocycles. The van der Waals surface area contributed by atoms with Crippen molar-refractivity contribution in [3.05, 3.63) is 57.6 Å². The molecule has 1 aromatic carbocycles. The second kappa shape index (κ2) is 8.34. The lowest BCUT2D eigenvalue weighted by molar-refractivity contribution is -0.138. The number of carbonyl (C=O) groups is 1. The van der Waals surface area contributed by atoms with Crippen LogP contribution in [0.2, 0.25) is 10.0 Å². The van der Waals surface area contributed by atoms with Crippen molar-refractivity contribution in [1.82, 2.24) is 19.5 Å². The van der Waals surface area contributed by atoms with Crippen LogP contribution < -0.4 is 0 Å². The molecule has 0 bridgehead atoms. The zero-order valence-corrected chi connectivity index (χ0v) is 18.7. The summed E-state index contributed by atoms with van der Waals surface area (Å²) >= 11 is 13.8. The van der Waals surface area contributed by atoms with Crippen LogP contribution in [0.4, 0.5) is 0 Å². The first-order valence-electron chi connectivity index (χ1n) is 8.81. The molecular weight excluding hydrogens is 431 g/mol. The second-order valence-corrected chi connectivity index (χ2v) is 9.57. The molecule has 0 atom stereocenters. The zero-order chi connectivity index (χ0) is 21.3. The summed E-state index contributed by atoms with van der Waals surface area (Å²) in [6, 6.07) is 5.26. The Hall–Kier alpha value is -2.09. The van der Waals surface area contributed by atoms with Crippen molar-refractivity contribution in [2.24, 2.45) is 0 Å². The first-order valence-corrected chi connectivity index (χ1v) is 10.4. The van der Waals surface area contributed by atoms with Gasteiger partial charge in [0.1, 0.15) is 10.4 Å². The van der Waals surface area contributed by atoms with Gasteiger partial charge in [0.05, 0.1) is 29.2 Å². The standard InChI is InChI=1S/C20H20Cl2N4O2S/c1-11-8-23-9-16(24-11)17-25-12(2)18(29-20(3,4)19(27)28)26(17)10-13-7-14(21)5-6-15(13)22/h5-9H,10H2,1-4H3,(H,27,28). The normalized spacial score (nSPS) is 11.7. The average molecular weight is 451 g/mol. The summed E-state index contributed by atoms with van der Waals surface area (Å²) in [7, 11) is 0. The van der Waals surface area contributed by atoms with Gasteiger partial charge in [0.15, 0.2) is 5.82 Å². The summed E-state index contributed by atoms with van der Waals surface area (Å²) < 4.78 is 0.877. The van der Waals surface area contributed by atoms with E-state index in [9.17, 15) is 9.90 Å². The summed E-state index contributed by atoms with van der Waals surface area (Å²) in [5.41, 5.74) is 2.87. The van der Waals surface area contributed by atoms with Crippen LogP contribution in [-0.4, -0.2) is 35.3 Å². The number of hydrogen-bond acceptors (Lipinski definition) is 5. The number of imidazole rings is 1. The fourth-order valence-corrected chi connectivity index (χ4v) is 4.12. The Balaban J connectivity index is 2.18. The number of carboxylic acids is 1. The van der Waals surface area contributed by atoms with Crippen molar-refractivity contribution >= 4 is 40.9 Å². The maximum absolute atomic E-state index is 11.7. The van der Waals surface area contributed by atoms with Crippen molar-refractivity contribution in [2.45, 2.75) is 44.0 Å². The Kier molecular flexibility index (Phi) is 6.22. The van der Waals surface area contributed by atoms with Crippen molar-refractivity contribution < 1.29 is 9.90 Å². The van der Waals surface area contributed by atoms with Gasteiger partial charge < -0.3 is 9.67 Å². The van der Waals surface area contributed by atoms with Crippen molar-refractivity contribution in [2.75, 3.05) is 0 Å². The number of aromatic nitrogens is 4. The van der Waals surface area contributed by atoms with Gasteiger partial charge in [-0.3, -0.25) is 9.78 Å². The molecule has 3 rings (SSSR count). The third-order valence-corrected chi connectivity index (χ3v) is 6.27. The van der Waals surface area contributed by atoms with Crippen LogP contribution in [0.5, 0.6) is 0 Å². The molecule has 0 aliphatic rings. The number of aryl methyl sites for hydroxylation is 2. The summed E-state index contributed by atoms with van der Waals surface area (Å²) in [5, 5.41) is 11.5. The van der Waals surface area contributed by atoms with Crippen LogP contribution in [0.25, 0.3) is 11.5 Å². The largest absolute Gasteiger partial charge is 0.480 e. The van der Waals surface area contributed by atoms with E-state index in [0.717, 1.165) is 16.3 Å². The SMILES string of the molecule is Cc1cncc(-c2nc(C)c(SC(C)(C)C(=O)O)n2Cc2cc(Cl)ccc2Cl)n1. The summed E-state index contributed by atoms with van der Waals surface area (Å²) in [6.07, 6.45) is 3.31.